The summed E-state index contributed by atoms with van der Waals surface area (Å²) in [5.41, 5.74) is 1.06. The summed E-state index contributed by atoms with van der Waals surface area (Å²) in [5, 5.41) is 6.66. The topological polar surface area (TPSA) is 71.3 Å². The van der Waals surface area contributed by atoms with Gasteiger partial charge in [0.2, 0.25) is 0 Å². The number of halogens is 1. The van der Waals surface area contributed by atoms with Gasteiger partial charge in [-0.3, -0.25) is 9.89 Å². The lowest BCUT2D eigenvalue weighted by Crippen LogP contribution is -2.42. The molecule has 0 spiro atoms. The highest BCUT2D eigenvalue weighted by Crippen LogP contribution is 2.22. The van der Waals surface area contributed by atoms with Crippen molar-refractivity contribution in [2.75, 3.05) is 52.5 Å². The van der Waals surface area contributed by atoms with Crippen LogP contribution >= 0.6 is 0 Å². The molecule has 0 saturated carbocycles. The van der Waals surface area contributed by atoms with Crippen LogP contribution in [0.4, 0.5) is 4.39 Å². The largest absolute Gasteiger partial charge is 0.467 e. The van der Waals surface area contributed by atoms with Gasteiger partial charge in [0.05, 0.1) is 32.1 Å². The molecule has 3 rings (SSSR count). The van der Waals surface area contributed by atoms with E-state index in [1.54, 1.807) is 6.26 Å². The molecule has 170 valence electrons. The van der Waals surface area contributed by atoms with Gasteiger partial charge >= 0.3 is 0 Å². The van der Waals surface area contributed by atoms with Gasteiger partial charge in [-0.1, -0.05) is 12.1 Å². The fourth-order valence-electron chi connectivity index (χ4n) is 3.47. The molecule has 31 heavy (non-hydrogen) atoms. The maximum atomic E-state index is 13.4. The minimum atomic E-state index is -0.225. The Balaban J connectivity index is 1.51. The zero-order valence-electron chi connectivity index (χ0n) is 18.2. The molecule has 0 bridgehead atoms. The van der Waals surface area contributed by atoms with Gasteiger partial charge in [-0.15, -0.1) is 0 Å². The average Bonchev–Trinajstić information content (AvgIpc) is 3.31. The zero-order valence-corrected chi connectivity index (χ0v) is 18.2. The number of benzene rings is 1. The summed E-state index contributed by atoms with van der Waals surface area (Å²) >= 11 is 0. The molecule has 0 amide bonds. The smallest absolute Gasteiger partial charge is 0.191 e. The maximum absolute atomic E-state index is 13.4. The van der Waals surface area contributed by atoms with Crippen molar-refractivity contribution in [2.45, 2.75) is 26.0 Å². The number of hydrogen-bond donors (Lipinski definition) is 2. The lowest BCUT2D eigenvalue weighted by atomic mass is 10.0. The monoisotopic (exact) mass is 432 g/mol. The van der Waals surface area contributed by atoms with Gasteiger partial charge in [0.15, 0.2) is 5.96 Å². The fraction of sp³-hybridized carbons (Fsp3) is 0.522. The molecule has 2 N–H and O–H groups in total. The van der Waals surface area contributed by atoms with Crippen LogP contribution in [-0.4, -0.2) is 63.4 Å². The summed E-state index contributed by atoms with van der Waals surface area (Å²) in [6, 6.07) is 10.6. The molecule has 1 saturated heterocycles. The molecule has 1 aliphatic heterocycles. The number of nitrogens with one attached hydrogen (secondary N) is 2. The molecule has 0 radical (unpaired) electrons. The van der Waals surface area contributed by atoms with Crippen LogP contribution in [0.2, 0.25) is 0 Å². The molecular weight excluding hydrogens is 399 g/mol. The first-order chi connectivity index (χ1) is 15.3. The van der Waals surface area contributed by atoms with Crippen LogP contribution in [-0.2, 0) is 16.1 Å². The number of morpholine rings is 1. The summed E-state index contributed by atoms with van der Waals surface area (Å²) in [7, 11) is 0. The predicted molar refractivity (Wildman–Crippen MR) is 118 cm³/mol. The molecule has 0 aliphatic carbocycles. The van der Waals surface area contributed by atoms with Gasteiger partial charge in [0.25, 0.3) is 0 Å². The van der Waals surface area contributed by atoms with Gasteiger partial charge in [-0.2, -0.15) is 0 Å². The van der Waals surface area contributed by atoms with Crippen LogP contribution in [0.25, 0.3) is 0 Å². The molecule has 1 aromatic heterocycles. The van der Waals surface area contributed by atoms with Gasteiger partial charge in [-0.25, -0.2) is 4.39 Å². The Labute approximate surface area is 183 Å². The second-order valence-electron chi connectivity index (χ2n) is 7.35. The van der Waals surface area contributed by atoms with Crippen LogP contribution in [0, 0.1) is 5.82 Å². The lowest BCUT2D eigenvalue weighted by molar-refractivity contribution is 0.0179. The maximum Gasteiger partial charge on any atom is 0.191 e. The van der Waals surface area contributed by atoms with Crippen molar-refractivity contribution in [3.05, 3.63) is 59.8 Å². The Morgan fingerprint density at radius 2 is 2.00 bits per heavy atom. The van der Waals surface area contributed by atoms with Gasteiger partial charge in [0, 0.05) is 32.8 Å². The lowest BCUT2D eigenvalue weighted by Gasteiger charge is -2.34. The highest BCUT2D eigenvalue weighted by Gasteiger charge is 2.22. The summed E-state index contributed by atoms with van der Waals surface area (Å²) in [4.78, 5) is 7.16. The van der Waals surface area contributed by atoms with Gasteiger partial charge in [-0.05, 0) is 43.2 Å². The minimum Gasteiger partial charge on any atom is -0.467 e. The van der Waals surface area contributed by atoms with Gasteiger partial charge < -0.3 is 24.5 Å². The van der Waals surface area contributed by atoms with Crippen molar-refractivity contribution >= 4 is 5.96 Å². The first-order valence-corrected chi connectivity index (χ1v) is 11.0. The average molecular weight is 433 g/mol. The van der Waals surface area contributed by atoms with E-state index in [1.165, 1.54) is 12.1 Å². The molecule has 2 heterocycles. The van der Waals surface area contributed by atoms with Crippen LogP contribution in [0.5, 0.6) is 0 Å². The highest BCUT2D eigenvalue weighted by atomic mass is 19.1. The molecular formula is C23H33FN4O3. The molecule has 8 heteroatoms. The number of hydrogen-bond acceptors (Lipinski definition) is 5. The minimum absolute atomic E-state index is 0.0802. The van der Waals surface area contributed by atoms with Crippen molar-refractivity contribution in [3.63, 3.8) is 0 Å². The van der Waals surface area contributed by atoms with Crippen LogP contribution in [0.1, 0.15) is 30.7 Å². The molecule has 2 aromatic rings. The van der Waals surface area contributed by atoms with E-state index >= 15 is 0 Å². The zero-order chi connectivity index (χ0) is 21.7. The Morgan fingerprint density at radius 1 is 1.19 bits per heavy atom. The standard InChI is InChI=1S/C23H33FN4O3/c1-2-25-23(26-10-4-13-30-18-21-5-3-14-31-21)27-17-22(28-11-15-29-16-12-28)19-6-8-20(24)9-7-19/h3,5-9,14,22H,2,4,10-13,15-18H2,1H3,(H2,25,26,27). The highest BCUT2D eigenvalue weighted by molar-refractivity contribution is 5.79. The SMILES string of the molecule is CCNC(=NCC(c1ccc(F)cc1)N1CCOCC1)NCCCOCc1ccco1. The van der Waals surface area contributed by atoms with E-state index in [0.717, 1.165) is 49.9 Å². The van der Waals surface area contributed by atoms with E-state index in [4.69, 9.17) is 18.9 Å². The molecule has 1 atom stereocenters. The predicted octanol–water partition coefficient (Wildman–Crippen LogP) is 2.95. The van der Waals surface area contributed by atoms with Gasteiger partial charge in [0.1, 0.15) is 18.2 Å². The number of nitrogens with zero attached hydrogens (tertiary/aromatic N) is 2. The summed E-state index contributed by atoms with van der Waals surface area (Å²) in [5.74, 6) is 1.38. The van der Waals surface area contributed by atoms with Crippen molar-refractivity contribution in [1.29, 1.82) is 0 Å². The summed E-state index contributed by atoms with van der Waals surface area (Å²) in [6.45, 7) is 8.37. The number of ether oxygens (including phenoxy) is 2. The van der Waals surface area contributed by atoms with E-state index in [2.05, 4.69) is 15.5 Å². The van der Waals surface area contributed by atoms with E-state index in [9.17, 15) is 4.39 Å². The molecule has 1 aromatic carbocycles. The molecule has 1 unspecified atom stereocenters. The Kier molecular flexibility index (Phi) is 9.82. The van der Waals surface area contributed by atoms with E-state index in [-0.39, 0.29) is 11.9 Å². The summed E-state index contributed by atoms with van der Waals surface area (Å²) < 4.78 is 29.8. The molecule has 1 aliphatic rings. The Hall–Kier alpha value is -2.42. The Bertz CT molecular complexity index is 762. The number of rotatable bonds is 11. The Morgan fingerprint density at radius 3 is 2.71 bits per heavy atom. The first kappa shape index (κ1) is 23.2. The van der Waals surface area contributed by atoms with Crippen LogP contribution in [0.15, 0.2) is 52.1 Å². The third-order valence-electron chi connectivity index (χ3n) is 5.09. The third-order valence-corrected chi connectivity index (χ3v) is 5.09. The van der Waals surface area contributed by atoms with E-state index in [1.807, 2.05) is 31.2 Å². The fourth-order valence-corrected chi connectivity index (χ4v) is 3.47. The number of aliphatic imine (C=N–C) groups is 1. The van der Waals surface area contributed by atoms with Crippen molar-refractivity contribution < 1.29 is 18.3 Å². The second kappa shape index (κ2) is 13.1. The summed E-state index contributed by atoms with van der Waals surface area (Å²) in [6.07, 6.45) is 2.51. The van der Waals surface area contributed by atoms with E-state index < -0.39 is 0 Å². The van der Waals surface area contributed by atoms with Crippen molar-refractivity contribution in [2.24, 2.45) is 4.99 Å². The quantitative estimate of drug-likeness (QED) is 0.323. The molecule has 1 fully saturated rings. The number of furan rings is 1. The third kappa shape index (κ3) is 7.97. The van der Waals surface area contributed by atoms with Crippen LogP contribution < -0.4 is 10.6 Å². The van der Waals surface area contributed by atoms with E-state index in [0.29, 0.717) is 33.0 Å². The number of guanidine groups is 1. The second-order valence-corrected chi connectivity index (χ2v) is 7.35. The van der Waals surface area contributed by atoms with Crippen molar-refractivity contribution in [3.8, 4) is 0 Å². The van der Waals surface area contributed by atoms with Crippen molar-refractivity contribution in [1.82, 2.24) is 15.5 Å². The molecule has 7 nitrogen and oxygen atoms in total. The normalized spacial score (nSPS) is 16.3. The first-order valence-electron chi connectivity index (χ1n) is 11.0. The van der Waals surface area contributed by atoms with Crippen LogP contribution in [0.3, 0.4) is 0 Å².